The predicted octanol–water partition coefficient (Wildman–Crippen LogP) is 2.68. The molecule has 2 aromatic heterocycles. The van der Waals surface area contributed by atoms with Gasteiger partial charge in [0.15, 0.2) is 5.82 Å². The predicted molar refractivity (Wildman–Crippen MR) is 107 cm³/mol. The first-order valence-corrected chi connectivity index (χ1v) is 9.65. The van der Waals surface area contributed by atoms with Crippen molar-refractivity contribution in [3.8, 4) is 5.69 Å². The van der Waals surface area contributed by atoms with Crippen LogP contribution in [0.5, 0.6) is 0 Å². The molecule has 3 aromatic rings. The second-order valence-corrected chi connectivity index (χ2v) is 7.31. The quantitative estimate of drug-likeness (QED) is 0.704. The molecule has 0 aliphatic carbocycles. The molecule has 0 saturated carbocycles. The van der Waals surface area contributed by atoms with Gasteiger partial charge in [-0.25, -0.2) is 9.36 Å². The fourth-order valence-corrected chi connectivity index (χ4v) is 3.65. The zero-order valence-electron chi connectivity index (χ0n) is 15.8. The number of anilines is 1. The zero-order chi connectivity index (χ0) is 19.7. The SMILES string of the molecule is Cc1c(C(=O)Nc2nc(C3CCNCC3)nn2C)cnn1-c1ccccc1Cl. The number of carbonyl (C=O) groups excluding carboxylic acids is 1. The number of benzene rings is 1. The number of nitrogens with one attached hydrogen (secondary N) is 2. The van der Waals surface area contributed by atoms with Gasteiger partial charge in [-0.2, -0.15) is 15.2 Å². The van der Waals surface area contributed by atoms with Crippen molar-refractivity contribution in [1.82, 2.24) is 29.9 Å². The minimum absolute atomic E-state index is 0.275. The van der Waals surface area contributed by atoms with Gasteiger partial charge in [0.1, 0.15) is 0 Å². The number of aryl methyl sites for hydroxylation is 1. The van der Waals surface area contributed by atoms with Gasteiger partial charge in [-0.15, -0.1) is 0 Å². The fraction of sp³-hybridized carbons (Fsp3) is 0.368. The highest BCUT2D eigenvalue weighted by Gasteiger charge is 2.23. The van der Waals surface area contributed by atoms with Gasteiger partial charge < -0.3 is 5.32 Å². The first kappa shape index (κ1) is 18.6. The van der Waals surface area contributed by atoms with Crippen molar-refractivity contribution in [2.45, 2.75) is 25.7 Å². The van der Waals surface area contributed by atoms with E-state index in [0.717, 1.165) is 37.4 Å². The normalized spacial score (nSPS) is 15.0. The van der Waals surface area contributed by atoms with Crippen LogP contribution in [0.2, 0.25) is 5.02 Å². The van der Waals surface area contributed by atoms with E-state index >= 15 is 0 Å². The molecule has 0 bridgehead atoms. The molecule has 0 radical (unpaired) electrons. The van der Waals surface area contributed by atoms with Gasteiger partial charge in [-0.1, -0.05) is 23.7 Å². The minimum Gasteiger partial charge on any atom is -0.317 e. The molecule has 2 N–H and O–H groups in total. The van der Waals surface area contributed by atoms with Crippen molar-refractivity contribution >= 4 is 23.5 Å². The number of aromatic nitrogens is 5. The lowest BCUT2D eigenvalue weighted by atomic mass is 9.98. The van der Waals surface area contributed by atoms with Gasteiger partial charge in [0.2, 0.25) is 5.95 Å². The molecule has 0 spiro atoms. The summed E-state index contributed by atoms with van der Waals surface area (Å²) in [6.45, 7) is 3.76. The van der Waals surface area contributed by atoms with Crippen LogP contribution in [0.4, 0.5) is 5.95 Å². The standard InChI is InChI=1S/C19H22ClN7O/c1-12-14(11-22-27(12)16-6-4-3-5-15(16)20)18(28)24-19-23-17(25-26(19)2)13-7-9-21-10-8-13/h3-6,11,13,21H,7-10H2,1-2H3,(H,23,24,25,28). The lowest BCUT2D eigenvalue weighted by Crippen LogP contribution is -2.27. The summed E-state index contributed by atoms with van der Waals surface area (Å²) in [6.07, 6.45) is 3.54. The second-order valence-electron chi connectivity index (χ2n) is 6.90. The van der Waals surface area contributed by atoms with Crippen LogP contribution in [0.1, 0.15) is 40.6 Å². The lowest BCUT2D eigenvalue weighted by Gasteiger charge is -2.19. The average Bonchev–Trinajstić information content (AvgIpc) is 3.26. The maximum Gasteiger partial charge on any atom is 0.261 e. The van der Waals surface area contributed by atoms with Crippen molar-refractivity contribution in [2.24, 2.45) is 7.05 Å². The summed E-state index contributed by atoms with van der Waals surface area (Å²) in [5.41, 5.74) is 1.89. The number of piperidine rings is 1. The van der Waals surface area contributed by atoms with Gasteiger partial charge in [0, 0.05) is 13.0 Å². The van der Waals surface area contributed by atoms with Gasteiger partial charge in [0.25, 0.3) is 5.91 Å². The summed E-state index contributed by atoms with van der Waals surface area (Å²) in [7, 11) is 1.78. The van der Waals surface area contributed by atoms with E-state index in [2.05, 4.69) is 25.8 Å². The molecule has 28 heavy (non-hydrogen) atoms. The number of hydrogen-bond donors (Lipinski definition) is 2. The monoisotopic (exact) mass is 399 g/mol. The molecule has 0 atom stereocenters. The molecule has 1 saturated heterocycles. The number of halogens is 1. The molecular weight excluding hydrogens is 378 g/mol. The Hall–Kier alpha value is -2.71. The molecule has 1 aromatic carbocycles. The highest BCUT2D eigenvalue weighted by atomic mass is 35.5. The Bertz CT molecular complexity index is 1000. The summed E-state index contributed by atoms with van der Waals surface area (Å²) in [5, 5.41) is 15.6. The van der Waals surface area contributed by atoms with Crippen LogP contribution < -0.4 is 10.6 Å². The van der Waals surface area contributed by atoms with Crippen LogP contribution in [0, 0.1) is 6.92 Å². The Morgan fingerprint density at radius 2 is 2.04 bits per heavy atom. The van der Waals surface area contributed by atoms with E-state index in [1.54, 1.807) is 22.5 Å². The van der Waals surface area contributed by atoms with Crippen LogP contribution in [0.25, 0.3) is 5.69 Å². The summed E-state index contributed by atoms with van der Waals surface area (Å²) in [5.74, 6) is 1.26. The van der Waals surface area contributed by atoms with Crippen LogP contribution >= 0.6 is 11.6 Å². The van der Waals surface area contributed by atoms with Gasteiger partial charge in [-0.3, -0.25) is 10.1 Å². The second kappa shape index (κ2) is 7.73. The molecule has 1 fully saturated rings. The van der Waals surface area contributed by atoms with Crippen LogP contribution in [0.3, 0.4) is 0 Å². The Balaban J connectivity index is 1.55. The number of para-hydroxylation sites is 1. The largest absolute Gasteiger partial charge is 0.317 e. The summed E-state index contributed by atoms with van der Waals surface area (Å²) in [6, 6.07) is 7.38. The molecule has 1 aliphatic rings. The number of nitrogens with zero attached hydrogens (tertiary/aromatic N) is 5. The van der Waals surface area contributed by atoms with Crippen molar-refractivity contribution in [3.05, 3.63) is 52.6 Å². The Morgan fingerprint density at radius 1 is 1.29 bits per heavy atom. The van der Waals surface area contributed by atoms with E-state index < -0.39 is 0 Å². The van der Waals surface area contributed by atoms with Gasteiger partial charge >= 0.3 is 0 Å². The highest BCUT2D eigenvalue weighted by Crippen LogP contribution is 2.24. The maximum absolute atomic E-state index is 12.8. The summed E-state index contributed by atoms with van der Waals surface area (Å²) < 4.78 is 3.28. The molecule has 4 rings (SSSR count). The average molecular weight is 400 g/mol. The van der Waals surface area contributed by atoms with Crippen LogP contribution in [0.15, 0.2) is 30.5 Å². The molecule has 146 valence electrons. The minimum atomic E-state index is -0.275. The van der Waals surface area contributed by atoms with E-state index in [4.69, 9.17) is 11.6 Å². The van der Waals surface area contributed by atoms with E-state index in [1.807, 2.05) is 25.1 Å². The third-order valence-corrected chi connectivity index (χ3v) is 5.36. The third-order valence-electron chi connectivity index (χ3n) is 5.04. The summed E-state index contributed by atoms with van der Waals surface area (Å²) in [4.78, 5) is 17.4. The molecule has 1 amide bonds. The smallest absolute Gasteiger partial charge is 0.261 e. The Morgan fingerprint density at radius 3 is 2.79 bits per heavy atom. The topological polar surface area (TPSA) is 89.7 Å². The van der Waals surface area contributed by atoms with Gasteiger partial charge in [0.05, 0.1) is 28.2 Å². The van der Waals surface area contributed by atoms with Crippen molar-refractivity contribution < 1.29 is 4.79 Å². The molecule has 3 heterocycles. The number of amides is 1. The molecule has 8 nitrogen and oxygen atoms in total. The Labute approximate surface area is 167 Å². The highest BCUT2D eigenvalue weighted by molar-refractivity contribution is 6.32. The summed E-state index contributed by atoms with van der Waals surface area (Å²) >= 11 is 6.26. The molecule has 1 aliphatic heterocycles. The van der Waals surface area contributed by atoms with Crippen molar-refractivity contribution in [1.29, 1.82) is 0 Å². The van der Waals surface area contributed by atoms with E-state index in [-0.39, 0.29) is 5.91 Å². The number of rotatable bonds is 4. The molecule has 0 unspecified atom stereocenters. The van der Waals surface area contributed by atoms with E-state index in [1.165, 1.54) is 6.20 Å². The Kier molecular flexibility index (Phi) is 5.15. The fourth-order valence-electron chi connectivity index (χ4n) is 3.43. The van der Waals surface area contributed by atoms with Crippen molar-refractivity contribution in [3.63, 3.8) is 0 Å². The van der Waals surface area contributed by atoms with Crippen LogP contribution in [-0.2, 0) is 7.05 Å². The molecule has 9 heteroatoms. The maximum atomic E-state index is 12.8. The van der Waals surface area contributed by atoms with E-state index in [9.17, 15) is 4.79 Å². The third kappa shape index (κ3) is 3.53. The van der Waals surface area contributed by atoms with Crippen molar-refractivity contribution in [2.75, 3.05) is 18.4 Å². The lowest BCUT2D eigenvalue weighted by molar-refractivity contribution is 0.102. The van der Waals surface area contributed by atoms with E-state index in [0.29, 0.717) is 28.1 Å². The zero-order valence-corrected chi connectivity index (χ0v) is 16.6. The number of hydrogen-bond acceptors (Lipinski definition) is 5. The van der Waals surface area contributed by atoms with Crippen LogP contribution in [-0.4, -0.2) is 43.5 Å². The van der Waals surface area contributed by atoms with Gasteiger partial charge in [-0.05, 0) is 45.0 Å². The first-order chi connectivity index (χ1) is 13.5. The molecular formula is C19H22ClN7O. The first-order valence-electron chi connectivity index (χ1n) is 9.27. The number of carbonyl (C=O) groups is 1.